The molecule has 2 heterocycles. The number of hydrazine groups is 1. The number of hydrogen-bond acceptors (Lipinski definition) is 5. The van der Waals surface area contributed by atoms with Crippen molar-refractivity contribution in [1.82, 2.24) is 14.4 Å². The summed E-state index contributed by atoms with van der Waals surface area (Å²) in [6.45, 7) is 4.17. The minimum atomic E-state index is 0.590. The second-order valence-electron chi connectivity index (χ2n) is 5.16. The van der Waals surface area contributed by atoms with E-state index in [0.29, 0.717) is 5.82 Å². The lowest BCUT2D eigenvalue weighted by atomic mass is 10.1. The second-order valence-corrected chi connectivity index (χ2v) is 5.16. The number of nitrogens with one attached hydrogen (secondary N) is 1. The van der Waals surface area contributed by atoms with Gasteiger partial charge in [0.2, 0.25) is 0 Å². The molecule has 3 rings (SSSR count). The fourth-order valence-electron chi connectivity index (χ4n) is 2.48. The van der Waals surface area contributed by atoms with Gasteiger partial charge in [-0.05, 0) is 37.1 Å². The molecule has 3 aromatic rings. The molecule has 0 aliphatic rings. The van der Waals surface area contributed by atoms with Crippen LogP contribution >= 0.6 is 0 Å². The molecule has 0 saturated heterocycles. The standard InChI is InChI=1S/C15H18N6/c1-10-6-11(2)8-12(7-10)20(3)15-14-17-4-5-21(14)9-13(18-15)19-16/h4-9,19H,16H2,1-3H3. The Labute approximate surface area is 123 Å². The SMILES string of the molecule is Cc1cc(C)cc(N(C)c2nc(NN)cn3ccnc23)c1. The molecule has 0 saturated carbocycles. The zero-order valence-corrected chi connectivity index (χ0v) is 12.3. The third kappa shape index (κ3) is 2.41. The molecule has 108 valence electrons. The molecule has 6 heteroatoms. The topological polar surface area (TPSA) is 71.5 Å². The first-order valence-electron chi connectivity index (χ1n) is 6.71. The van der Waals surface area contributed by atoms with Crippen molar-refractivity contribution in [2.45, 2.75) is 13.8 Å². The third-order valence-electron chi connectivity index (χ3n) is 3.42. The molecule has 0 radical (unpaired) electrons. The van der Waals surface area contributed by atoms with Crippen LogP contribution in [0.15, 0.2) is 36.8 Å². The van der Waals surface area contributed by atoms with Crippen molar-refractivity contribution in [3.63, 3.8) is 0 Å². The fraction of sp³-hybridized carbons (Fsp3) is 0.200. The van der Waals surface area contributed by atoms with Gasteiger partial charge in [-0.25, -0.2) is 15.8 Å². The van der Waals surface area contributed by atoms with Gasteiger partial charge in [0.05, 0.1) is 6.20 Å². The molecule has 21 heavy (non-hydrogen) atoms. The van der Waals surface area contributed by atoms with Gasteiger partial charge >= 0.3 is 0 Å². The van der Waals surface area contributed by atoms with E-state index in [0.717, 1.165) is 17.2 Å². The first-order valence-corrected chi connectivity index (χ1v) is 6.71. The molecule has 0 aliphatic carbocycles. The molecule has 1 aromatic carbocycles. The molecule has 0 fully saturated rings. The predicted molar refractivity (Wildman–Crippen MR) is 84.8 cm³/mol. The summed E-state index contributed by atoms with van der Waals surface area (Å²) >= 11 is 0. The highest BCUT2D eigenvalue weighted by Crippen LogP contribution is 2.27. The Hall–Kier alpha value is -2.60. The average Bonchev–Trinajstić information content (AvgIpc) is 2.92. The van der Waals surface area contributed by atoms with E-state index in [1.165, 1.54) is 11.1 Å². The number of aromatic nitrogens is 3. The molecule has 0 spiro atoms. The summed E-state index contributed by atoms with van der Waals surface area (Å²) in [5.41, 5.74) is 6.87. The van der Waals surface area contributed by atoms with Crippen LogP contribution in [0.25, 0.3) is 5.65 Å². The van der Waals surface area contributed by atoms with Crippen LogP contribution in [-0.4, -0.2) is 21.4 Å². The van der Waals surface area contributed by atoms with E-state index >= 15 is 0 Å². The van der Waals surface area contributed by atoms with Crippen molar-refractivity contribution in [2.75, 3.05) is 17.4 Å². The van der Waals surface area contributed by atoms with E-state index in [4.69, 9.17) is 5.84 Å². The van der Waals surface area contributed by atoms with Gasteiger partial charge in [0.1, 0.15) is 0 Å². The minimum absolute atomic E-state index is 0.590. The van der Waals surface area contributed by atoms with Crippen molar-refractivity contribution in [2.24, 2.45) is 5.84 Å². The largest absolute Gasteiger partial charge is 0.326 e. The molecular weight excluding hydrogens is 264 g/mol. The molecule has 0 bridgehead atoms. The van der Waals surface area contributed by atoms with Crippen LogP contribution < -0.4 is 16.2 Å². The van der Waals surface area contributed by atoms with E-state index in [-0.39, 0.29) is 0 Å². The minimum Gasteiger partial charge on any atom is -0.326 e. The van der Waals surface area contributed by atoms with Crippen LogP contribution in [0.5, 0.6) is 0 Å². The number of hydrogen-bond donors (Lipinski definition) is 2. The van der Waals surface area contributed by atoms with Crippen LogP contribution in [0.4, 0.5) is 17.3 Å². The first-order chi connectivity index (χ1) is 10.1. The highest BCUT2D eigenvalue weighted by Gasteiger charge is 2.13. The predicted octanol–water partition coefficient (Wildman–Crippen LogP) is 2.40. The van der Waals surface area contributed by atoms with Gasteiger partial charge in [-0.1, -0.05) is 6.07 Å². The summed E-state index contributed by atoms with van der Waals surface area (Å²) in [6, 6.07) is 6.39. The Balaban J connectivity index is 2.16. The lowest BCUT2D eigenvalue weighted by molar-refractivity contribution is 1.05. The Morgan fingerprint density at radius 1 is 1.19 bits per heavy atom. The van der Waals surface area contributed by atoms with Gasteiger partial charge in [0.15, 0.2) is 17.3 Å². The number of fused-ring (bicyclic) bond motifs is 1. The summed E-state index contributed by atoms with van der Waals surface area (Å²) in [4.78, 5) is 10.9. The summed E-state index contributed by atoms with van der Waals surface area (Å²) in [5.74, 6) is 6.84. The maximum absolute atomic E-state index is 5.50. The lowest BCUT2D eigenvalue weighted by Crippen LogP contribution is -2.16. The molecule has 0 atom stereocenters. The number of aryl methyl sites for hydroxylation is 2. The van der Waals surface area contributed by atoms with Crippen molar-refractivity contribution in [3.05, 3.63) is 47.9 Å². The maximum Gasteiger partial charge on any atom is 0.180 e. The smallest absolute Gasteiger partial charge is 0.180 e. The number of imidazole rings is 1. The van der Waals surface area contributed by atoms with E-state index in [1.54, 1.807) is 12.4 Å². The van der Waals surface area contributed by atoms with E-state index in [2.05, 4.69) is 47.4 Å². The molecule has 6 nitrogen and oxygen atoms in total. The van der Waals surface area contributed by atoms with Gasteiger partial charge in [0.25, 0.3) is 0 Å². The van der Waals surface area contributed by atoms with Crippen molar-refractivity contribution < 1.29 is 0 Å². The normalized spacial score (nSPS) is 10.9. The van der Waals surface area contributed by atoms with Gasteiger partial charge in [0, 0.05) is 25.1 Å². The van der Waals surface area contributed by atoms with Crippen LogP contribution in [0.3, 0.4) is 0 Å². The highest BCUT2D eigenvalue weighted by molar-refractivity contribution is 5.73. The van der Waals surface area contributed by atoms with Crippen LogP contribution in [-0.2, 0) is 0 Å². The van der Waals surface area contributed by atoms with Crippen LogP contribution in [0.2, 0.25) is 0 Å². The number of benzene rings is 1. The van der Waals surface area contributed by atoms with Crippen molar-refractivity contribution >= 4 is 23.0 Å². The molecule has 0 amide bonds. The molecule has 0 aliphatic heterocycles. The molecule has 0 unspecified atom stereocenters. The van der Waals surface area contributed by atoms with E-state index < -0.39 is 0 Å². The lowest BCUT2D eigenvalue weighted by Gasteiger charge is -2.20. The Morgan fingerprint density at radius 3 is 2.57 bits per heavy atom. The van der Waals surface area contributed by atoms with Gasteiger partial charge in [-0.3, -0.25) is 0 Å². The summed E-state index contributed by atoms with van der Waals surface area (Å²) in [6.07, 6.45) is 5.42. The Kier molecular flexibility index (Phi) is 3.23. The monoisotopic (exact) mass is 282 g/mol. The number of rotatable bonds is 3. The quantitative estimate of drug-likeness (QED) is 0.570. The van der Waals surface area contributed by atoms with Gasteiger partial charge in [-0.15, -0.1) is 0 Å². The van der Waals surface area contributed by atoms with E-state index in [9.17, 15) is 0 Å². The Bertz CT molecular complexity index is 772. The van der Waals surface area contributed by atoms with Gasteiger partial charge < -0.3 is 14.7 Å². The van der Waals surface area contributed by atoms with Crippen molar-refractivity contribution in [1.29, 1.82) is 0 Å². The maximum atomic E-state index is 5.50. The van der Waals surface area contributed by atoms with Gasteiger partial charge in [-0.2, -0.15) is 0 Å². The molecule has 2 aromatic heterocycles. The summed E-state index contributed by atoms with van der Waals surface area (Å²) in [5, 5.41) is 0. The van der Waals surface area contributed by atoms with Crippen LogP contribution in [0, 0.1) is 13.8 Å². The zero-order chi connectivity index (χ0) is 15.0. The highest BCUT2D eigenvalue weighted by atomic mass is 15.3. The molecule has 3 N–H and O–H groups in total. The third-order valence-corrected chi connectivity index (χ3v) is 3.42. The number of nitrogens with zero attached hydrogens (tertiary/aromatic N) is 4. The number of anilines is 3. The Morgan fingerprint density at radius 2 is 1.90 bits per heavy atom. The second kappa shape index (κ2) is 5.06. The van der Waals surface area contributed by atoms with E-state index in [1.807, 2.05) is 22.5 Å². The molecular formula is C15H18N6. The average molecular weight is 282 g/mol. The summed E-state index contributed by atoms with van der Waals surface area (Å²) < 4.78 is 1.90. The zero-order valence-electron chi connectivity index (χ0n) is 12.3. The number of nitrogens with two attached hydrogens (primary N) is 1. The van der Waals surface area contributed by atoms with Crippen molar-refractivity contribution in [3.8, 4) is 0 Å². The first kappa shape index (κ1) is 13.4. The summed E-state index contributed by atoms with van der Waals surface area (Å²) in [7, 11) is 1.98. The fourth-order valence-corrected chi connectivity index (χ4v) is 2.48. The van der Waals surface area contributed by atoms with Crippen LogP contribution in [0.1, 0.15) is 11.1 Å². The number of nitrogen functional groups attached to an aromatic ring is 1.